The number of ether oxygens (including phenoxy) is 1. The first-order valence-electron chi connectivity index (χ1n) is 6.41. The highest BCUT2D eigenvalue weighted by Gasteiger charge is 2.12. The van der Waals surface area contributed by atoms with Crippen LogP contribution >= 0.6 is 0 Å². The Kier molecular flexibility index (Phi) is 5.20. The first kappa shape index (κ1) is 14.6. The van der Waals surface area contributed by atoms with E-state index in [0.29, 0.717) is 18.7 Å². The maximum atomic E-state index is 8.99. The monoisotopic (exact) mass is 249 g/mol. The molecule has 0 saturated carbocycles. The van der Waals surface area contributed by atoms with E-state index < -0.39 is 0 Å². The van der Waals surface area contributed by atoms with Crippen LogP contribution in [0, 0.1) is 5.41 Å². The summed E-state index contributed by atoms with van der Waals surface area (Å²) in [7, 11) is 0. The molecule has 100 valence electrons. The predicted molar refractivity (Wildman–Crippen MR) is 74.6 cm³/mol. The average molecular weight is 249 g/mol. The van der Waals surface area contributed by atoms with E-state index in [2.05, 4.69) is 25.9 Å². The van der Waals surface area contributed by atoms with E-state index in [9.17, 15) is 0 Å². The van der Waals surface area contributed by atoms with Gasteiger partial charge in [-0.25, -0.2) is 0 Å². The average Bonchev–Trinajstić information content (AvgIpc) is 2.31. The minimum absolute atomic E-state index is 0.258. The molecule has 0 radical (unpaired) electrons. The van der Waals surface area contributed by atoms with Crippen molar-refractivity contribution in [1.29, 1.82) is 0 Å². The third-order valence-electron chi connectivity index (χ3n) is 2.76. The quantitative estimate of drug-likeness (QED) is 0.485. The van der Waals surface area contributed by atoms with Crippen LogP contribution in [0.1, 0.15) is 46.1 Å². The Morgan fingerprint density at radius 2 is 1.94 bits per heavy atom. The zero-order valence-corrected chi connectivity index (χ0v) is 11.7. The summed E-state index contributed by atoms with van der Waals surface area (Å²) in [5.74, 6) is 0.788. The minimum atomic E-state index is 0.258. The lowest BCUT2D eigenvalue weighted by Crippen LogP contribution is -2.12. The SMILES string of the molecule is CC/C(=N/O)c1ccccc1OCCC(C)(C)C. The smallest absolute Gasteiger partial charge is 0.128 e. The largest absolute Gasteiger partial charge is 0.493 e. The fourth-order valence-electron chi connectivity index (χ4n) is 1.61. The lowest BCUT2D eigenvalue weighted by molar-refractivity contribution is 0.242. The summed E-state index contributed by atoms with van der Waals surface area (Å²) >= 11 is 0. The summed E-state index contributed by atoms with van der Waals surface area (Å²) in [5.41, 5.74) is 1.78. The van der Waals surface area contributed by atoms with E-state index in [1.54, 1.807) is 0 Å². The molecule has 0 atom stereocenters. The summed E-state index contributed by atoms with van der Waals surface area (Å²) in [6.45, 7) is 9.20. The number of para-hydroxylation sites is 1. The van der Waals surface area contributed by atoms with Gasteiger partial charge in [-0.3, -0.25) is 0 Å². The predicted octanol–water partition coefficient (Wildman–Crippen LogP) is 4.09. The maximum absolute atomic E-state index is 8.99. The van der Waals surface area contributed by atoms with E-state index in [1.807, 2.05) is 31.2 Å². The molecule has 1 aromatic carbocycles. The molecule has 0 saturated heterocycles. The maximum Gasteiger partial charge on any atom is 0.128 e. The van der Waals surface area contributed by atoms with Crippen LogP contribution in [0.2, 0.25) is 0 Å². The van der Waals surface area contributed by atoms with E-state index >= 15 is 0 Å². The molecule has 0 heterocycles. The van der Waals surface area contributed by atoms with E-state index in [1.165, 1.54) is 0 Å². The zero-order chi connectivity index (χ0) is 13.6. The summed E-state index contributed by atoms with van der Waals surface area (Å²) < 4.78 is 5.81. The van der Waals surface area contributed by atoms with E-state index in [-0.39, 0.29) is 5.41 Å². The molecule has 1 aromatic rings. The van der Waals surface area contributed by atoms with Crippen molar-refractivity contribution in [2.75, 3.05) is 6.61 Å². The Bertz CT molecular complexity index is 405. The van der Waals surface area contributed by atoms with Gasteiger partial charge in [0.2, 0.25) is 0 Å². The van der Waals surface area contributed by atoms with Gasteiger partial charge in [0, 0.05) is 5.56 Å². The Hall–Kier alpha value is -1.51. The molecule has 0 aliphatic heterocycles. The number of rotatable bonds is 5. The Morgan fingerprint density at radius 3 is 2.50 bits per heavy atom. The molecule has 0 spiro atoms. The molecule has 3 nitrogen and oxygen atoms in total. The van der Waals surface area contributed by atoms with Crippen molar-refractivity contribution in [2.24, 2.45) is 10.6 Å². The van der Waals surface area contributed by atoms with Crippen molar-refractivity contribution < 1.29 is 9.94 Å². The van der Waals surface area contributed by atoms with Crippen molar-refractivity contribution >= 4 is 5.71 Å². The summed E-state index contributed by atoms with van der Waals surface area (Å²) in [5, 5.41) is 12.3. The van der Waals surface area contributed by atoms with Crippen molar-refractivity contribution in [2.45, 2.75) is 40.5 Å². The van der Waals surface area contributed by atoms with Crippen LogP contribution in [-0.4, -0.2) is 17.5 Å². The molecule has 1 N–H and O–H groups in total. The van der Waals surface area contributed by atoms with Gasteiger partial charge >= 0.3 is 0 Å². The lowest BCUT2D eigenvalue weighted by Gasteiger charge is -2.19. The van der Waals surface area contributed by atoms with Crippen LogP contribution < -0.4 is 4.74 Å². The number of benzene rings is 1. The first-order valence-corrected chi connectivity index (χ1v) is 6.41. The van der Waals surface area contributed by atoms with E-state index in [4.69, 9.17) is 9.94 Å². The van der Waals surface area contributed by atoms with Crippen molar-refractivity contribution in [3.8, 4) is 5.75 Å². The van der Waals surface area contributed by atoms with Crippen molar-refractivity contribution in [3.63, 3.8) is 0 Å². The zero-order valence-electron chi connectivity index (χ0n) is 11.7. The standard InChI is InChI=1S/C15H23NO2/c1-5-13(16-17)12-8-6-7-9-14(12)18-11-10-15(2,3)4/h6-9,17H,5,10-11H2,1-4H3/b16-13-. The molecule has 0 amide bonds. The van der Waals surface area contributed by atoms with E-state index in [0.717, 1.165) is 17.7 Å². The van der Waals surface area contributed by atoms with Gasteiger partial charge < -0.3 is 9.94 Å². The molecule has 0 bridgehead atoms. The normalized spacial score (nSPS) is 12.6. The summed E-state index contributed by atoms with van der Waals surface area (Å²) in [6, 6.07) is 7.69. The van der Waals surface area contributed by atoms with Crippen molar-refractivity contribution in [3.05, 3.63) is 29.8 Å². The fraction of sp³-hybridized carbons (Fsp3) is 0.533. The first-order chi connectivity index (χ1) is 8.48. The van der Waals surface area contributed by atoms with Gasteiger partial charge in [0.25, 0.3) is 0 Å². The fourth-order valence-corrected chi connectivity index (χ4v) is 1.61. The molecule has 0 aliphatic carbocycles. The van der Waals surface area contributed by atoms with Gasteiger partial charge in [-0.05, 0) is 30.4 Å². The minimum Gasteiger partial charge on any atom is -0.493 e. The second-order valence-electron chi connectivity index (χ2n) is 5.56. The van der Waals surface area contributed by atoms with Crippen LogP contribution in [0.25, 0.3) is 0 Å². The van der Waals surface area contributed by atoms with Gasteiger partial charge in [0.05, 0.1) is 12.3 Å². The molecule has 3 heteroatoms. The van der Waals surface area contributed by atoms with Crippen molar-refractivity contribution in [1.82, 2.24) is 0 Å². The van der Waals surface area contributed by atoms with Gasteiger partial charge in [0.15, 0.2) is 0 Å². The molecule has 1 rings (SSSR count). The number of oxime groups is 1. The van der Waals surface area contributed by atoms with Gasteiger partial charge in [0.1, 0.15) is 5.75 Å². The highest BCUT2D eigenvalue weighted by molar-refractivity contribution is 6.02. The van der Waals surface area contributed by atoms with Gasteiger partial charge in [-0.15, -0.1) is 0 Å². The summed E-state index contributed by atoms with van der Waals surface area (Å²) in [4.78, 5) is 0. The topological polar surface area (TPSA) is 41.8 Å². The highest BCUT2D eigenvalue weighted by atomic mass is 16.5. The Balaban J connectivity index is 2.77. The molecule has 0 fully saturated rings. The van der Waals surface area contributed by atoms with Crippen LogP contribution in [0.3, 0.4) is 0 Å². The summed E-state index contributed by atoms with van der Waals surface area (Å²) in [6.07, 6.45) is 1.66. The van der Waals surface area contributed by atoms with Crippen LogP contribution in [0.15, 0.2) is 29.4 Å². The number of hydrogen-bond donors (Lipinski definition) is 1. The molecule has 0 aliphatic rings. The molecule has 0 aromatic heterocycles. The third-order valence-corrected chi connectivity index (χ3v) is 2.76. The Morgan fingerprint density at radius 1 is 1.28 bits per heavy atom. The number of hydrogen-bond acceptors (Lipinski definition) is 3. The third kappa shape index (κ3) is 4.40. The molecule has 18 heavy (non-hydrogen) atoms. The number of nitrogens with zero attached hydrogens (tertiary/aromatic N) is 1. The second kappa shape index (κ2) is 6.43. The van der Waals surface area contributed by atoms with Crippen LogP contribution in [-0.2, 0) is 0 Å². The van der Waals surface area contributed by atoms with Gasteiger partial charge in [-0.2, -0.15) is 0 Å². The lowest BCUT2D eigenvalue weighted by atomic mass is 9.93. The Labute approximate surface area is 109 Å². The second-order valence-corrected chi connectivity index (χ2v) is 5.56. The molecule has 0 unspecified atom stereocenters. The van der Waals surface area contributed by atoms with Crippen LogP contribution in [0.4, 0.5) is 0 Å². The van der Waals surface area contributed by atoms with Gasteiger partial charge in [-0.1, -0.05) is 45.0 Å². The van der Waals surface area contributed by atoms with Crippen LogP contribution in [0.5, 0.6) is 5.75 Å². The molecular weight excluding hydrogens is 226 g/mol. The molecular formula is C15H23NO2. The highest BCUT2D eigenvalue weighted by Crippen LogP contribution is 2.23.